The van der Waals surface area contributed by atoms with E-state index in [1.807, 2.05) is 30.3 Å². The molecule has 0 aliphatic rings. The van der Waals surface area contributed by atoms with E-state index >= 15 is 0 Å². The monoisotopic (exact) mass is 292 g/mol. The number of nitrogens with zero attached hydrogens (tertiary/aromatic N) is 1. The van der Waals surface area contributed by atoms with Gasteiger partial charge in [-0.05, 0) is 18.6 Å². The fraction of sp³-hybridized carbons (Fsp3) is 0.214. The Morgan fingerprint density at radius 1 is 1.25 bits per heavy atom. The number of pyridine rings is 1. The van der Waals surface area contributed by atoms with Crippen LogP contribution in [0.25, 0.3) is 0 Å². The molecule has 2 rings (SSSR count). The second-order valence-electron chi connectivity index (χ2n) is 4.29. The van der Waals surface area contributed by atoms with Crippen molar-refractivity contribution in [3.8, 4) is 5.75 Å². The molecule has 3 N–H and O–H groups in total. The van der Waals surface area contributed by atoms with E-state index in [-0.39, 0.29) is 0 Å². The van der Waals surface area contributed by atoms with Gasteiger partial charge < -0.3 is 19.8 Å². The largest absolute Gasteiger partial charge is 0.489 e. The molecule has 0 saturated heterocycles. The number of rotatable bonds is 6. The quantitative estimate of drug-likeness (QED) is 0.714. The molecular weight excluding hydrogens is 275 g/mol. The van der Waals surface area contributed by atoms with Gasteiger partial charge in [0.15, 0.2) is 8.38 Å². The second kappa shape index (κ2) is 7.20. The summed E-state index contributed by atoms with van der Waals surface area (Å²) in [5.41, 5.74) is 1.08. The summed E-state index contributed by atoms with van der Waals surface area (Å²) in [6.45, 7) is 2.16. The van der Waals surface area contributed by atoms with Crippen LogP contribution in [-0.4, -0.2) is 20.6 Å². The van der Waals surface area contributed by atoms with E-state index in [0.29, 0.717) is 18.2 Å². The van der Waals surface area contributed by atoms with Gasteiger partial charge in [-0.25, -0.2) is 4.98 Å². The minimum absolute atomic E-state index is 0.443. The minimum Gasteiger partial charge on any atom is -0.489 e. The minimum atomic E-state index is -2.03. The molecule has 1 heterocycles. The van der Waals surface area contributed by atoms with Crippen molar-refractivity contribution in [3.63, 3.8) is 0 Å². The standard InChI is InChI=1S/C14H17N2O3P/c1-11(20(17)18)16-14-9-13(7-8-15-14)19-10-12-5-3-2-4-6-12/h2-9,11,17-18H,10H2,1H3,(H,15,16). The van der Waals surface area contributed by atoms with E-state index in [4.69, 9.17) is 14.5 Å². The van der Waals surface area contributed by atoms with E-state index in [0.717, 1.165) is 5.56 Å². The summed E-state index contributed by atoms with van der Waals surface area (Å²) in [4.78, 5) is 22.3. The third-order valence-electron chi connectivity index (χ3n) is 2.68. The van der Waals surface area contributed by atoms with Crippen molar-refractivity contribution in [2.24, 2.45) is 0 Å². The molecule has 0 fully saturated rings. The number of ether oxygens (including phenoxy) is 1. The lowest BCUT2D eigenvalue weighted by atomic mass is 10.2. The highest BCUT2D eigenvalue weighted by molar-refractivity contribution is 7.46. The van der Waals surface area contributed by atoms with Crippen molar-refractivity contribution in [2.75, 3.05) is 5.32 Å². The van der Waals surface area contributed by atoms with Crippen LogP contribution in [0.2, 0.25) is 0 Å². The van der Waals surface area contributed by atoms with Crippen LogP contribution in [0.4, 0.5) is 5.82 Å². The Bertz CT molecular complexity index is 537. The Balaban J connectivity index is 1.96. The van der Waals surface area contributed by atoms with E-state index in [1.54, 1.807) is 25.3 Å². The molecule has 0 spiro atoms. The zero-order valence-corrected chi connectivity index (χ0v) is 12.0. The van der Waals surface area contributed by atoms with Crippen LogP contribution in [0.1, 0.15) is 12.5 Å². The van der Waals surface area contributed by atoms with Gasteiger partial charge in [0.2, 0.25) is 0 Å². The third-order valence-corrected chi connectivity index (χ3v) is 3.50. The van der Waals surface area contributed by atoms with Crippen molar-refractivity contribution in [3.05, 3.63) is 54.2 Å². The SMILES string of the molecule is CC(Nc1cc(OCc2ccccc2)ccn1)P(O)O. The number of anilines is 1. The molecule has 106 valence electrons. The fourth-order valence-electron chi connectivity index (χ4n) is 1.59. The average Bonchev–Trinajstić information content (AvgIpc) is 2.46. The zero-order chi connectivity index (χ0) is 14.4. The van der Waals surface area contributed by atoms with Gasteiger partial charge in [0, 0.05) is 12.3 Å². The predicted molar refractivity (Wildman–Crippen MR) is 79.5 cm³/mol. The molecular formula is C14H17N2O3P. The first-order chi connectivity index (χ1) is 9.65. The van der Waals surface area contributed by atoms with Crippen molar-refractivity contribution < 1.29 is 14.5 Å². The molecule has 0 amide bonds. The summed E-state index contributed by atoms with van der Waals surface area (Å²) in [6, 6.07) is 13.4. The van der Waals surface area contributed by atoms with Crippen LogP contribution in [0.3, 0.4) is 0 Å². The topological polar surface area (TPSA) is 74.6 Å². The lowest BCUT2D eigenvalue weighted by Gasteiger charge is -2.15. The van der Waals surface area contributed by atoms with Crippen LogP contribution in [0, 0.1) is 0 Å². The van der Waals surface area contributed by atoms with Gasteiger partial charge in [-0.2, -0.15) is 0 Å². The Labute approximate surface area is 119 Å². The van der Waals surface area contributed by atoms with Gasteiger partial charge in [0.1, 0.15) is 18.2 Å². The molecule has 1 aromatic heterocycles. The van der Waals surface area contributed by atoms with Crippen LogP contribution in [0.15, 0.2) is 48.7 Å². The van der Waals surface area contributed by atoms with E-state index in [2.05, 4.69) is 10.3 Å². The summed E-state index contributed by atoms with van der Waals surface area (Å²) in [7, 11) is -2.03. The molecule has 1 atom stereocenters. The third kappa shape index (κ3) is 4.46. The highest BCUT2D eigenvalue weighted by Gasteiger charge is 2.11. The maximum absolute atomic E-state index is 9.10. The highest BCUT2D eigenvalue weighted by Crippen LogP contribution is 2.31. The molecule has 2 aromatic rings. The predicted octanol–water partition coefficient (Wildman–Crippen LogP) is 2.72. The maximum Gasteiger partial charge on any atom is 0.188 e. The molecule has 6 heteroatoms. The molecule has 5 nitrogen and oxygen atoms in total. The van der Waals surface area contributed by atoms with E-state index in [1.165, 1.54) is 0 Å². The molecule has 1 aromatic carbocycles. The smallest absolute Gasteiger partial charge is 0.188 e. The van der Waals surface area contributed by atoms with Crippen molar-refractivity contribution in [2.45, 2.75) is 19.3 Å². The fourth-order valence-corrected chi connectivity index (χ4v) is 1.84. The normalized spacial score (nSPS) is 12.2. The number of hydrogen-bond acceptors (Lipinski definition) is 5. The van der Waals surface area contributed by atoms with Gasteiger partial charge in [-0.15, -0.1) is 0 Å². The molecule has 0 aliphatic carbocycles. The number of hydrogen-bond donors (Lipinski definition) is 3. The Kier molecular flexibility index (Phi) is 5.30. The van der Waals surface area contributed by atoms with Crippen molar-refractivity contribution in [1.29, 1.82) is 0 Å². The van der Waals surface area contributed by atoms with Gasteiger partial charge in [-0.3, -0.25) is 0 Å². The van der Waals surface area contributed by atoms with Crippen LogP contribution >= 0.6 is 8.38 Å². The number of aromatic nitrogens is 1. The van der Waals surface area contributed by atoms with Crippen LogP contribution < -0.4 is 10.1 Å². The first-order valence-corrected chi connectivity index (χ1v) is 7.53. The van der Waals surface area contributed by atoms with Gasteiger partial charge in [0.25, 0.3) is 0 Å². The van der Waals surface area contributed by atoms with Gasteiger partial charge >= 0.3 is 0 Å². The molecule has 0 aliphatic heterocycles. The van der Waals surface area contributed by atoms with Gasteiger partial charge in [0.05, 0.1) is 5.78 Å². The summed E-state index contributed by atoms with van der Waals surface area (Å²) in [6.07, 6.45) is 1.62. The molecule has 0 radical (unpaired) electrons. The molecule has 1 unspecified atom stereocenters. The zero-order valence-electron chi connectivity index (χ0n) is 11.1. The molecule has 20 heavy (non-hydrogen) atoms. The maximum atomic E-state index is 9.10. The Hall–Kier alpha value is -1.68. The van der Waals surface area contributed by atoms with Crippen molar-refractivity contribution >= 4 is 14.2 Å². The molecule has 0 bridgehead atoms. The van der Waals surface area contributed by atoms with Crippen LogP contribution in [-0.2, 0) is 6.61 Å². The lowest BCUT2D eigenvalue weighted by Crippen LogP contribution is -2.13. The van der Waals surface area contributed by atoms with Gasteiger partial charge in [-0.1, -0.05) is 30.3 Å². The van der Waals surface area contributed by atoms with E-state index in [9.17, 15) is 0 Å². The Morgan fingerprint density at radius 3 is 2.70 bits per heavy atom. The first kappa shape index (κ1) is 14.7. The summed E-state index contributed by atoms with van der Waals surface area (Å²) >= 11 is 0. The number of nitrogens with one attached hydrogen (secondary N) is 1. The van der Waals surface area contributed by atoms with Crippen molar-refractivity contribution in [1.82, 2.24) is 4.98 Å². The highest BCUT2D eigenvalue weighted by atomic mass is 31.2. The molecule has 0 saturated carbocycles. The summed E-state index contributed by atoms with van der Waals surface area (Å²) < 4.78 is 5.68. The second-order valence-corrected chi connectivity index (χ2v) is 5.71. The first-order valence-electron chi connectivity index (χ1n) is 6.21. The lowest BCUT2D eigenvalue weighted by molar-refractivity contribution is 0.306. The number of benzene rings is 1. The average molecular weight is 292 g/mol. The summed E-state index contributed by atoms with van der Waals surface area (Å²) in [5, 5.41) is 2.92. The summed E-state index contributed by atoms with van der Waals surface area (Å²) in [5.74, 6) is 0.791. The van der Waals surface area contributed by atoms with E-state index < -0.39 is 14.2 Å². The Morgan fingerprint density at radius 2 is 2.00 bits per heavy atom. The van der Waals surface area contributed by atoms with Crippen LogP contribution in [0.5, 0.6) is 5.75 Å².